The minimum atomic E-state index is -0.339. The molecular weight excluding hydrogens is 490 g/mol. The molecule has 3 aliphatic rings. The molecule has 2 atom stereocenters. The molecule has 4 heterocycles. The topological polar surface area (TPSA) is 87.2 Å². The number of hydrogen-bond acceptors (Lipinski definition) is 7. The van der Waals surface area contributed by atoms with Gasteiger partial charge in [-0.3, -0.25) is 24.1 Å². The molecule has 2 saturated heterocycles. The molecule has 0 spiro atoms. The number of esters is 1. The van der Waals surface area contributed by atoms with E-state index in [1.807, 2.05) is 41.5 Å². The number of thiophene rings is 1. The molecule has 8 nitrogen and oxygen atoms in total. The Labute approximate surface area is 221 Å². The van der Waals surface area contributed by atoms with E-state index in [4.69, 9.17) is 4.74 Å². The van der Waals surface area contributed by atoms with Crippen LogP contribution < -0.4 is 4.90 Å². The zero-order valence-corrected chi connectivity index (χ0v) is 22.2. The molecule has 2 aromatic rings. The summed E-state index contributed by atoms with van der Waals surface area (Å²) in [6.07, 6.45) is 2.87. The number of piperidine rings is 2. The van der Waals surface area contributed by atoms with Gasteiger partial charge in [0.05, 0.1) is 41.3 Å². The molecule has 5 rings (SSSR count). The average molecular weight is 524 g/mol. The number of anilines is 1. The number of amides is 3. The Balaban J connectivity index is 1.30. The second kappa shape index (κ2) is 10.7. The van der Waals surface area contributed by atoms with Crippen LogP contribution in [0.5, 0.6) is 0 Å². The number of imide groups is 1. The molecule has 0 saturated carbocycles. The van der Waals surface area contributed by atoms with E-state index in [1.165, 1.54) is 16.2 Å². The molecule has 9 heteroatoms. The highest BCUT2D eigenvalue weighted by molar-refractivity contribution is 7.10. The largest absolute Gasteiger partial charge is 0.466 e. The molecule has 0 radical (unpaired) electrons. The van der Waals surface area contributed by atoms with Gasteiger partial charge in [-0.1, -0.05) is 12.1 Å². The normalized spacial score (nSPS) is 21.2. The predicted octanol–water partition coefficient (Wildman–Crippen LogP) is 4.12. The molecule has 196 valence electrons. The maximum absolute atomic E-state index is 13.6. The van der Waals surface area contributed by atoms with E-state index in [9.17, 15) is 19.2 Å². The molecule has 0 bridgehead atoms. The number of likely N-dealkylation sites (tertiary alicyclic amines) is 1. The minimum absolute atomic E-state index is 0.106. The number of carbonyl (C=O) groups is 4. The molecule has 37 heavy (non-hydrogen) atoms. The lowest BCUT2D eigenvalue weighted by Gasteiger charge is -2.38. The third kappa shape index (κ3) is 4.77. The molecule has 0 N–H and O–H groups in total. The quantitative estimate of drug-likeness (QED) is 0.418. The molecule has 0 aliphatic carbocycles. The van der Waals surface area contributed by atoms with Crippen molar-refractivity contribution < 1.29 is 23.9 Å². The standard InChI is InChI=1S/C28H33N3O5S/c1-3-36-28(35)19-11-14-29(15-12-19)25(32)20-7-5-13-30(17-20)22-9-4-8-21-24(22)27(34)31(26(21)33)18(2)23-10-6-16-37-23/h4,6,8-10,16,18-20H,3,5,7,11-15,17H2,1-2H3/t18-,20+/m0/s1. The summed E-state index contributed by atoms with van der Waals surface area (Å²) in [5.74, 6) is -0.922. The first-order valence-corrected chi connectivity index (χ1v) is 14.0. The van der Waals surface area contributed by atoms with Crippen molar-refractivity contribution in [3.8, 4) is 0 Å². The first-order chi connectivity index (χ1) is 17.9. The van der Waals surface area contributed by atoms with Crippen LogP contribution >= 0.6 is 11.3 Å². The van der Waals surface area contributed by atoms with Crippen molar-refractivity contribution in [2.75, 3.05) is 37.7 Å². The van der Waals surface area contributed by atoms with E-state index in [2.05, 4.69) is 4.90 Å². The molecular formula is C28H33N3O5S. The van der Waals surface area contributed by atoms with E-state index >= 15 is 0 Å². The number of ether oxygens (including phenoxy) is 1. The molecule has 2 fully saturated rings. The number of benzene rings is 1. The summed E-state index contributed by atoms with van der Waals surface area (Å²) in [5, 5.41) is 1.94. The first-order valence-electron chi connectivity index (χ1n) is 13.1. The Morgan fingerprint density at radius 1 is 1.03 bits per heavy atom. The second-order valence-corrected chi connectivity index (χ2v) is 11.0. The van der Waals surface area contributed by atoms with Crippen molar-refractivity contribution in [1.82, 2.24) is 9.80 Å². The third-order valence-electron chi connectivity index (χ3n) is 7.80. The lowest BCUT2D eigenvalue weighted by Crippen LogP contribution is -2.48. The van der Waals surface area contributed by atoms with Gasteiger partial charge in [-0.05, 0) is 63.1 Å². The summed E-state index contributed by atoms with van der Waals surface area (Å²) < 4.78 is 5.15. The van der Waals surface area contributed by atoms with Crippen molar-refractivity contribution in [2.24, 2.45) is 11.8 Å². The number of carbonyl (C=O) groups excluding carboxylic acids is 4. The van der Waals surface area contributed by atoms with Crippen LogP contribution in [0, 0.1) is 11.8 Å². The monoisotopic (exact) mass is 523 g/mol. The number of nitrogens with zero attached hydrogens (tertiary/aromatic N) is 3. The van der Waals surface area contributed by atoms with Crippen LogP contribution in [0.2, 0.25) is 0 Å². The van der Waals surface area contributed by atoms with E-state index in [1.54, 1.807) is 13.0 Å². The van der Waals surface area contributed by atoms with Gasteiger partial charge >= 0.3 is 5.97 Å². The summed E-state index contributed by atoms with van der Waals surface area (Å²) in [6.45, 7) is 6.41. The SMILES string of the molecule is CCOC(=O)C1CCN(C(=O)[C@@H]2CCCN(c3cccc4c3C(=O)N([C@@H](C)c3cccs3)C4=O)C2)CC1. The zero-order valence-electron chi connectivity index (χ0n) is 21.4. The summed E-state index contributed by atoms with van der Waals surface area (Å²) in [4.78, 5) is 58.6. The highest BCUT2D eigenvalue weighted by Gasteiger charge is 2.42. The fraction of sp³-hybridized carbons (Fsp3) is 0.500. The van der Waals surface area contributed by atoms with Crippen molar-refractivity contribution in [3.63, 3.8) is 0 Å². The Hall–Kier alpha value is -3.20. The van der Waals surface area contributed by atoms with Gasteiger partial charge in [-0.25, -0.2) is 0 Å². The van der Waals surface area contributed by atoms with Gasteiger partial charge < -0.3 is 14.5 Å². The van der Waals surface area contributed by atoms with Gasteiger partial charge in [0.25, 0.3) is 11.8 Å². The van der Waals surface area contributed by atoms with E-state index in [0.29, 0.717) is 50.2 Å². The zero-order chi connectivity index (χ0) is 26.1. The Morgan fingerprint density at radius 3 is 2.51 bits per heavy atom. The molecule has 3 amide bonds. The maximum Gasteiger partial charge on any atom is 0.309 e. The van der Waals surface area contributed by atoms with Crippen molar-refractivity contribution >= 4 is 40.7 Å². The van der Waals surface area contributed by atoms with Gasteiger partial charge in [0, 0.05) is 31.1 Å². The summed E-state index contributed by atoms with van der Waals surface area (Å²) >= 11 is 1.53. The van der Waals surface area contributed by atoms with Crippen LogP contribution in [0.25, 0.3) is 0 Å². The number of fused-ring (bicyclic) bond motifs is 1. The Morgan fingerprint density at radius 2 is 1.81 bits per heavy atom. The average Bonchev–Trinajstić information content (AvgIpc) is 3.55. The van der Waals surface area contributed by atoms with Crippen LogP contribution in [-0.4, -0.2) is 66.3 Å². The second-order valence-electron chi connectivity index (χ2n) is 10.0. The van der Waals surface area contributed by atoms with Crippen LogP contribution in [0.4, 0.5) is 5.69 Å². The van der Waals surface area contributed by atoms with E-state index in [-0.39, 0.29) is 41.6 Å². The fourth-order valence-corrected chi connectivity index (χ4v) is 6.58. The van der Waals surface area contributed by atoms with Crippen LogP contribution in [-0.2, 0) is 14.3 Å². The lowest BCUT2D eigenvalue weighted by atomic mass is 9.92. The van der Waals surface area contributed by atoms with Crippen LogP contribution in [0.15, 0.2) is 35.7 Å². The molecule has 0 unspecified atom stereocenters. The van der Waals surface area contributed by atoms with Crippen LogP contribution in [0.1, 0.15) is 71.2 Å². The van der Waals surface area contributed by atoms with Gasteiger partial charge in [0.15, 0.2) is 0 Å². The first kappa shape index (κ1) is 25.4. The highest BCUT2D eigenvalue weighted by atomic mass is 32.1. The molecule has 1 aromatic heterocycles. The molecule has 3 aliphatic heterocycles. The number of rotatable bonds is 6. The predicted molar refractivity (Wildman–Crippen MR) is 141 cm³/mol. The van der Waals surface area contributed by atoms with Crippen molar-refractivity contribution in [1.29, 1.82) is 0 Å². The summed E-state index contributed by atoms with van der Waals surface area (Å²) in [7, 11) is 0. The summed E-state index contributed by atoms with van der Waals surface area (Å²) in [6, 6.07) is 8.96. The smallest absolute Gasteiger partial charge is 0.309 e. The van der Waals surface area contributed by atoms with Crippen molar-refractivity contribution in [2.45, 2.75) is 45.6 Å². The van der Waals surface area contributed by atoms with Gasteiger partial charge in [-0.2, -0.15) is 0 Å². The lowest BCUT2D eigenvalue weighted by molar-refractivity contribution is -0.151. The molecule has 1 aromatic carbocycles. The van der Waals surface area contributed by atoms with Gasteiger partial charge in [0.2, 0.25) is 5.91 Å². The fourth-order valence-electron chi connectivity index (χ4n) is 5.81. The Bertz CT molecular complexity index is 1190. The maximum atomic E-state index is 13.6. The van der Waals surface area contributed by atoms with E-state index in [0.717, 1.165) is 30.0 Å². The third-order valence-corrected chi connectivity index (χ3v) is 8.85. The summed E-state index contributed by atoms with van der Waals surface area (Å²) in [5.41, 5.74) is 1.61. The van der Waals surface area contributed by atoms with Gasteiger partial charge in [0.1, 0.15) is 0 Å². The van der Waals surface area contributed by atoms with Gasteiger partial charge in [-0.15, -0.1) is 11.3 Å². The minimum Gasteiger partial charge on any atom is -0.466 e. The Kier molecular flexibility index (Phi) is 7.33. The number of hydrogen-bond donors (Lipinski definition) is 0. The van der Waals surface area contributed by atoms with E-state index < -0.39 is 0 Å². The van der Waals surface area contributed by atoms with Crippen LogP contribution in [0.3, 0.4) is 0 Å². The van der Waals surface area contributed by atoms with Crippen molar-refractivity contribution in [3.05, 3.63) is 51.7 Å². The highest BCUT2D eigenvalue weighted by Crippen LogP contribution is 2.38.